The van der Waals surface area contributed by atoms with Gasteiger partial charge in [0.25, 0.3) is 5.91 Å². The minimum atomic E-state index is -0.996. The van der Waals surface area contributed by atoms with Crippen molar-refractivity contribution in [3.8, 4) is 16.9 Å². The highest BCUT2D eigenvalue weighted by Crippen LogP contribution is 2.41. The molecule has 1 saturated carbocycles. The molecule has 1 aromatic heterocycles. The van der Waals surface area contributed by atoms with Gasteiger partial charge in [-0.1, -0.05) is 35.9 Å². The lowest BCUT2D eigenvalue weighted by Gasteiger charge is -2.39. The lowest BCUT2D eigenvalue weighted by Crippen LogP contribution is -2.46. The minimum Gasteiger partial charge on any atom is -0.496 e. The van der Waals surface area contributed by atoms with Gasteiger partial charge in [-0.05, 0) is 73.4 Å². The van der Waals surface area contributed by atoms with Crippen molar-refractivity contribution in [1.29, 1.82) is 0 Å². The molecule has 1 heterocycles. The van der Waals surface area contributed by atoms with Gasteiger partial charge in [0.05, 0.1) is 22.2 Å². The number of hydrogen-bond acceptors (Lipinski definition) is 5. The normalized spacial score (nSPS) is 16.7. The van der Waals surface area contributed by atoms with Gasteiger partial charge in [0, 0.05) is 36.1 Å². The van der Waals surface area contributed by atoms with Crippen molar-refractivity contribution >= 4 is 56.8 Å². The zero-order chi connectivity index (χ0) is 30.8. The van der Waals surface area contributed by atoms with Crippen LogP contribution in [0.1, 0.15) is 40.9 Å². The Labute approximate surface area is 262 Å². The predicted molar refractivity (Wildman–Crippen MR) is 169 cm³/mol. The number of amides is 2. The van der Waals surface area contributed by atoms with Gasteiger partial charge in [-0.25, -0.2) is 13.6 Å². The van der Waals surface area contributed by atoms with Gasteiger partial charge in [-0.2, -0.15) is 0 Å². The molecule has 5 rings (SSSR count). The van der Waals surface area contributed by atoms with Crippen LogP contribution >= 0.6 is 34.7 Å². The largest absolute Gasteiger partial charge is 0.496 e. The number of methoxy groups -OCH3 is 1. The van der Waals surface area contributed by atoms with Crippen LogP contribution in [-0.4, -0.2) is 59.4 Å². The quantitative estimate of drug-likeness (QED) is 0.194. The van der Waals surface area contributed by atoms with E-state index in [1.165, 1.54) is 4.90 Å². The molecule has 0 aliphatic heterocycles. The molecule has 3 aromatic carbocycles. The summed E-state index contributed by atoms with van der Waals surface area (Å²) in [5, 5.41) is 9.26. The SMILES string of the molecule is COc1ccc(-c2ccccc2SC)cc1CN(C(=O)c1sc2c(F)ccc(F)c2c1Cl)C1CCC(N(C)C(=O)O)CC1. The van der Waals surface area contributed by atoms with E-state index in [0.29, 0.717) is 31.4 Å². The van der Waals surface area contributed by atoms with E-state index in [9.17, 15) is 23.5 Å². The molecule has 0 atom stereocenters. The first-order valence-corrected chi connectivity index (χ1v) is 16.2. The van der Waals surface area contributed by atoms with Crippen LogP contribution in [0.5, 0.6) is 5.75 Å². The number of rotatable bonds is 8. The second-order valence-electron chi connectivity index (χ2n) is 10.5. The van der Waals surface area contributed by atoms with Crippen LogP contribution in [0.4, 0.5) is 13.6 Å². The van der Waals surface area contributed by atoms with Crippen molar-refractivity contribution < 1.29 is 28.2 Å². The number of thiophene rings is 1. The maximum absolute atomic E-state index is 14.7. The number of halogens is 3. The second kappa shape index (κ2) is 13.1. The molecule has 43 heavy (non-hydrogen) atoms. The van der Waals surface area contributed by atoms with Crippen molar-refractivity contribution in [3.05, 3.63) is 81.7 Å². The molecule has 4 aromatic rings. The Morgan fingerprint density at radius 3 is 2.37 bits per heavy atom. The number of nitrogens with zero attached hydrogens (tertiary/aromatic N) is 2. The summed E-state index contributed by atoms with van der Waals surface area (Å²) in [6.07, 6.45) is 3.26. The molecule has 0 bridgehead atoms. The highest BCUT2D eigenvalue weighted by atomic mass is 35.5. The van der Waals surface area contributed by atoms with Crippen molar-refractivity contribution in [2.24, 2.45) is 0 Å². The Kier molecular flexibility index (Phi) is 9.48. The van der Waals surface area contributed by atoms with Gasteiger partial charge in [-0.15, -0.1) is 23.1 Å². The van der Waals surface area contributed by atoms with Gasteiger partial charge in [0.1, 0.15) is 22.3 Å². The maximum Gasteiger partial charge on any atom is 0.407 e. The number of benzene rings is 3. The lowest BCUT2D eigenvalue weighted by molar-refractivity contribution is 0.0555. The third-order valence-corrected chi connectivity index (χ3v) is 10.6. The average molecular weight is 645 g/mol. The number of carboxylic acid groups (broad SMARTS) is 1. The molecule has 2 amide bonds. The summed E-state index contributed by atoms with van der Waals surface area (Å²) >= 11 is 9.05. The number of hydrogen-bond donors (Lipinski definition) is 1. The van der Waals surface area contributed by atoms with Crippen LogP contribution in [0.3, 0.4) is 0 Å². The third-order valence-electron chi connectivity index (χ3n) is 8.13. The summed E-state index contributed by atoms with van der Waals surface area (Å²) in [5.74, 6) is -1.17. The first kappa shape index (κ1) is 31.1. The van der Waals surface area contributed by atoms with Crippen LogP contribution in [0.15, 0.2) is 59.5 Å². The monoisotopic (exact) mass is 644 g/mol. The first-order chi connectivity index (χ1) is 20.6. The van der Waals surface area contributed by atoms with Gasteiger partial charge in [-0.3, -0.25) is 4.79 Å². The van der Waals surface area contributed by atoms with E-state index in [1.54, 1.807) is 30.8 Å². The van der Waals surface area contributed by atoms with Crippen LogP contribution in [0.25, 0.3) is 21.2 Å². The Hall–Kier alpha value is -3.34. The highest BCUT2D eigenvalue weighted by Gasteiger charge is 2.35. The molecular formula is C32H31ClF2N2O4S2. The van der Waals surface area contributed by atoms with E-state index in [0.717, 1.165) is 45.1 Å². The van der Waals surface area contributed by atoms with Crippen molar-refractivity contribution in [2.75, 3.05) is 20.4 Å². The van der Waals surface area contributed by atoms with Crippen molar-refractivity contribution in [3.63, 3.8) is 0 Å². The molecule has 1 aliphatic rings. The van der Waals surface area contributed by atoms with Crippen LogP contribution in [-0.2, 0) is 6.54 Å². The Bertz CT molecular complexity index is 1670. The number of thioether (sulfide) groups is 1. The Morgan fingerprint density at radius 1 is 1.05 bits per heavy atom. The van der Waals surface area contributed by atoms with E-state index in [-0.39, 0.29) is 38.6 Å². The summed E-state index contributed by atoms with van der Waals surface area (Å²) in [4.78, 5) is 30.0. The highest BCUT2D eigenvalue weighted by molar-refractivity contribution is 7.98. The van der Waals surface area contributed by atoms with Crippen LogP contribution in [0, 0.1) is 11.6 Å². The minimum absolute atomic E-state index is 0.00617. The zero-order valence-corrected chi connectivity index (χ0v) is 26.3. The van der Waals surface area contributed by atoms with Gasteiger partial charge >= 0.3 is 6.09 Å². The summed E-state index contributed by atoms with van der Waals surface area (Å²) in [7, 11) is 3.13. The molecule has 6 nitrogen and oxygen atoms in total. The summed E-state index contributed by atoms with van der Waals surface area (Å²) in [5.41, 5.74) is 2.78. The standard InChI is InChI=1S/C32H31ClF2N2O4S2/c1-36(32(39)40)20-9-11-21(12-10-20)37(31(38)30-28(33)27-23(34)13-14-24(35)29(27)43-30)17-19-16-18(8-15-25(19)41-2)22-6-4-5-7-26(22)42-3/h4-8,13-16,20-21H,9-12,17H2,1-3H3,(H,39,40). The number of fused-ring (bicyclic) bond motifs is 1. The molecule has 1 N–H and O–H groups in total. The molecular weight excluding hydrogens is 614 g/mol. The smallest absolute Gasteiger partial charge is 0.407 e. The van der Waals surface area contributed by atoms with Crippen LogP contribution < -0.4 is 4.74 Å². The van der Waals surface area contributed by atoms with E-state index < -0.39 is 23.6 Å². The third kappa shape index (κ3) is 6.18. The Morgan fingerprint density at radius 2 is 1.72 bits per heavy atom. The maximum atomic E-state index is 14.7. The topological polar surface area (TPSA) is 70.1 Å². The van der Waals surface area contributed by atoms with E-state index in [4.69, 9.17) is 16.3 Å². The number of ether oxygens (including phenoxy) is 1. The Balaban J connectivity index is 1.56. The molecule has 0 spiro atoms. The van der Waals surface area contributed by atoms with E-state index >= 15 is 0 Å². The van der Waals surface area contributed by atoms with E-state index in [2.05, 4.69) is 0 Å². The molecule has 1 fully saturated rings. The fourth-order valence-electron chi connectivity index (χ4n) is 5.78. The second-order valence-corrected chi connectivity index (χ2v) is 12.7. The molecule has 0 radical (unpaired) electrons. The first-order valence-electron chi connectivity index (χ1n) is 13.8. The van der Waals surface area contributed by atoms with Gasteiger partial charge in [0.2, 0.25) is 0 Å². The molecule has 0 unspecified atom stereocenters. The molecule has 1 aliphatic carbocycles. The molecule has 226 valence electrons. The lowest BCUT2D eigenvalue weighted by atomic mass is 9.89. The molecule has 11 heteroatoms. The fraction of sp³-hybridized carbons (Fsp3) is 0.312. The van der Waals surface area contributed by atoms with Crippen molar-refractivity contribution in [2.45, 2.75) is 49.2 Å². The van der Waals surface area contributed by atoms with Crippen molar-refractivity contribution in [1.82, 2.24) is 9.80 Å². The summed E-state index contributed by atoms with van der Waals surface area (Å²) in [6, 6.07) is 15.5. The number of carbonyl (C=O) groups excluding carboxylic acids is 1. The fourth-order valence-corrected chi connectivity index (χ4v) is 7.91. The summed E-state index contributed by atoms with van der Waals surface area (Å²) in [6.45, 7) is 0.164. The molecule has 0 saturated heterocycles. The summed E-state index contributed by atoms with van der Waals surface area (Å²) < 4.78 is 35.1. The number of carbonyl (C=O) groups is 2. The average Bonchev–Trinajstić information content (AvgIpc) is 3.39. The van der Waals surface area contributed by atoms with E-state index in [1.807, 2.05) is 48.7 Å². The predicted octanol–water partition coefficient (Wildman–Crippen LogP) is 8.79. The van der Waals surface area contributed by atoms with Crippen LogP contribution in [0.2, 0.25) is 5.02 Å². The zero-order valence-electron chi connectivity index (χ0n) is 23.9. The van der Waals surface area contributed by atoms with Gasteiger partial charge in [0.15, 0.2) is 0 Å². The van der Waals surface area contributed by atoms with Gasteiger partial charge < -0.3 is 19.6 Å².